The fourth-order valence-corrected chi connectivity index (χ4v) is 2.35. The van der Waals surface area contributed by atoms with Crippen molar-refractivity contribution >= 4 is 23.4 Å². The van der Waals surface area contributed by atoms with Gasteiger partial charge in [-0.1, -0.05) is 43.6 Å². The van der Waals surface area contributed by atoms with E-state index < -0.39 is 0 Å². The predicted octanol–water partition coefficient (Wildman–Crippen LogP) is 6.20. The van der Waals surface area contributed by atoms with Crippen molar-refractivity contribution in [3.63, 3.8) is 0 Å². The van der Waals surface area contributed by atoms with Crippen LogP contribution < -0.4 is 0 Å². The van der Waals surface area contributed by atoms with Gasteiger partial charge >= 0.3 is 0 Å². The summed E-state index contributed by atoms with van der Waals surface area (Å²) in [5.41, 5.74) is 1.94. The highest BCUT2D eigenvalue weighted by atomic mass is 35.5. The van der Waals surface area contributed by atoms with Crippen LogP contribution in [0.25, 0.3) is 11.1 Å². The average Bonchev–Trinajstić information content (AvgIpc) is 2.45. The van der Waals surface area contributed by atoms with E-state index in [1.54, 1.807) is 30.8 Å². The molecule has 0 spiro atoms. The number of hydrogen-bond acceptors (Lipinski definition) is 1. The lowest BCUT2D eigenvalue weighted by Crippen LogP contribution is -1.89. The molecule has 2 rings (SSSR count). The van der Waals surface area contributed by atoms with E-state index in [0.717, 1.165) is 10.5 Å². The Kier molecular flexibility index (Phi) is 6.40. The summed E-state index contributed by atoms with van der Waals surface area (Å²) in [7, 11) is 0. The number of hydrogen-bond donors (Lipinski definition) is 0. The van der Waals surface area contributed by atoms with E-state index >= 15 is 0 Å². The molecule has 0 N–H and O–H groups in total. The summed E-state index contributed by atoms with van der Waals surface area (Å²) in [6.07, 6.45) is 1.99. The maximum Gasteiger partial charge on any atom is 0.133 e. The van der Waals surface area contributed by atoms with Crippen molar-refractivity contribution in [1.82, 2.24) is 0 Å². The molecular formula is C16H18ClFS. The van der Waals surface area contributed by atoms with Crippen molar-refractivity contribution in [3.8, 4) is 11.1 Å². The third-order valence-electron chi connectivity index (χ3n) is 2.66. The Balaban J connectivity index is 0.000000861. The quantitative estimate of drug-likeness (QED) is 0.594. The lowest BCUT2D eigenvalue weighted by Gasteiger charge is -2.09. The molecule has 0 radical (unpaired) electrons. The van der Waals surface area contributed by atoms with Gasteiger partial charge in [-0.3, -0.25) is 0 Å². The van der Waals surface area contributed by atoms with E-state index in [0.29, 0.717) is 16.1 Å². The smallest absolute Gasteiger partial charge is 0.133 e. The molecule has 0 saturated carbocycles. The highest BCUT2D eigenvalue weighted by molar-refractivity contribution is 7.98. The lowest BCUT2D eigenvalue weighted by atomic mass is 10.0. The van der Waals surface area contributed by atoms with Crippen LogP contribution in [0.3, 0.4) is 0 Å². The predicted molar refractivity (Wildman–Crippen MR) is 84.7 cm³/mol. The van der Waals surface area contributed by atoms with Crippen LogP contribution in [0.15, 0.2) is 41.3 Å². The minimum absolute atomic E-state index is 0.201. The summed E-state index contributed by atoms with van der Waals surface area (Å²) < 4.78 is 14.0. The average molecular weight is 297 g/mol. The molecule has 0 aliphatic carbocycles. The molecule has 2 aromatic carbocycles. The fourth-order valence-electron chi connectivity index (χ4n) is 1.69. The van der Waals surface area contributed by atoms with Gasteiger partial charge in [0.2, 0.25) is 0 Å². The Morgan fingerprint density at radius 3 is 2.37 bits per heavy atom. The molecule has 0 heterocycles. The number of aryl methyl sites for hydroxylation is 1. The number of thioether (sulfide) groups is 1. The van der Waals surface area contributed by atoms with Gasteiger partial charge in [-0.2, -0.15) is 0 Å². The van der Waals surface area contributed by atoms with Gasteiger partial charge in [-0.25, -0.2) is 4.39 Å². The summed E-state index contributed by atoms with van der Waals surface area (Å²) in [5, 5.41) is 0.576. The van der Waals surface area contributed by atoms with E-state index in [2.05, 4.69) is 0 Å². The van der Waals surface area contributed by atoms with E-state index in [4.69, 9.17) is 11.6 Å². The second-order valence-corrected chi connectivity index (χ2v) is 5.07. The van der Waals surface area contributed by atoms with Crippen molar-refractivity contribution in [2.75, 3.05) is 6.26 Å². The van der Waals surface area contributed by atoms with Crippen LogP contribution in [0.5, 0.6) is 0 Å². The van der Waals surface area contributed by atoms with E-state index in [9.17, 15) is 4.39 Å². The van der Waals surface area contributed by atoms with Crippen LogP contribution in [0.1, 0.15) is 19.4 Å². The normalized spacial score (nSPS) is 9.79. The van der Waals surface area contributed by atoms with Crippen LogP contribution in [0.4, 0.5) is 4.39 Å². The molecule has 0 aromatic heterocycles. The van der Waals surface area contributed by atoms with Gasteiger partial charge in [0.05, 0.1) is 0 Å². The van der Waals surface area contributed by atoms with Crippen molar-refractivity contribution in [2.45, 2.75) is 25.7 Å². The number of rotatable bonds is 2. The van der Waals surface area contributed by atoms with E-state index in [1.807, 2.05) is 44.4 Å². The molecule has 19 heavy (non-hydrogen) atoms. The second-order valence-electron chi connectivity index (χ2n) is 3.78. The Hall–Kier alpha value is -0.990. The van der Waals surface area contributed by atoms with Gasteiger partial charge in [-0.05, 0) is 36.9 Å². The van der Waals surface area contributed by atoms with Gasteiger partial charge in [0, 0.05) is 21.0 Å². The second kappa shape index (κ2) is 7.56. The molecule has 0 amide bonds. The summed E-state index contributed by atoms with van der Waals surface area (Å²) in [6, 6.07) is 11.0. The van der Waals surface area contributed by atoms with Crippen molar-refractivity contribution < 1.29 is 4.39 Å². The highest BCUT2D eigenvalue weighted by Gasteiger charge is 2.11. The first-order valence-corrected chi connectivity index (χ1v) is 7.83. The molecule has 0 aliphatic heterocycles. The third kappa shape index (κ3) is 3.74. The SMILES string of the molecule is CC.CSc1ccc(Cl)c(-c2cccc(C)c2F)c1. The van der Waals surface area contributed by atoms with Gasteiger partial charge < -0.3 is 0 Å². The molecule has 0 fully saturated rings. The molecule has 2 aromatic rings. The fraction of sp³-hybridized carbons (Fsp3) is 0.250. The molecule has 0 unspecified atom stereocenters. The molecule has 3 heteroatoms. The van der Waals surface area contributed by atoms with Crippen LogP contribution in [-0.4, -0.2) is 6.26 Å². The largest absolute Gasteiger partial charge is 0.206 e. The third-order valence-corrected chi connectivity index (χ3v) is 3.71. The first kappa shape index (κ1) is 16.1. The lowest BCUT2D eigenvalue weighted by molar-refractivity contribution is 0.622. The zero-order valence-electron chi connectivity index (χ0n) is 11.6. The summed E-state index contributed by atoms with van der Waals surface area (Å²) >= 11 is 7.75. The molecule has 0 aliphatic rings. The summed E-state index contributed by atoms with van der Waals surface area (Å²) in [6.45, 7) is 5.76. The zero-order valence-corrected chi connectivity index (χ0v) is 13.2. The molecule has 0 bridgehead atoms. The topological polar surface area (TPSA) is 0 Å². The van der Waals surface area contributed by atoms with Crippen LogP contribution in [-0.2, 0) is 0 Å². The van der Waals surface area contributed by atoms with Crippen molar-refractivity contribution in [3.05, 3.63) is 52.8 Å². The Morgan fingerprint density at radius 2 is 1.74 bits per heavy atom. The van der Waals surface area contributed by atoms with Crippen LogP contribution in [0.2, 0.25) is 5.02 Å². The molecule has 0 nitrogen and oxygen atoms in total. The van der Waals surface area contributed by atoms with Gasteiger partial charge in [0.25, 0.3) is 0 Å². The first-order valence-electron chi connectivity index (χ1n) is 6.22. The first-order chi connectivity index (χ1) is 9.13. The maximum atomic E-state index is 14.0. The van der Waals surface area contributed by atoms with Crippen LogP contribution >= 0.6 is 23.4 Å². The Bertz CT molecular complexity index is 552. The number of halogens is 2. The molecular weight excluding hydrogens is 279 g/mol. The van der Waals surface area contributed by atoms with Gasteiger partial charge in [-0.15, -0.1) is 11.8 Å². The van der Waals surface area contributed by atoms with E-state index in [1.165, 1.54) is 0 Å². The summed E-state index contributed by atoms with van der Waals surface area (Å²) in [5.74, 6) is -0.201. The standard InChI is InChI=1S/C14H12ClFS.C2H6/c1-9-4-3-5-11(14(9)16)12-8-10(17-2)6-7-13(12)15;1-2/h3-8H,1-2H3;1-2H3. The van der Waals surface area contributed by atoms with Gasteiger partial charge in [0.15, 0.2) is 0 Å². The van der Waals surface area contributed by atoms with Crippen molar-refractivity contribution in [1.29, 1.82) is 0 Å². The molecule has 0 atom stereocenters. The minimum Gasteiger partial charge on any atom is -0.206 e. The van der Waals surface area contributed by atoms with E-state index in [-0.39, 0.29) is 5.82 Å². The molecule has 0 saturated heterocycles. The summed E-state index contributed by atoms with van der Waals surface area (Å²) in [4.78, 5) is 1.07. The Morgan fingerprint density at radius 1 is 1.05 bits per heavy atom. The highest BCUT2D eigenvalue weighted by Crippen LogP contribution is 2.33. The maximum absolute atomic E-state index is 14.0. The van der Waals surface area contributed by atoms with Crippen LogP contribution in [0, 0.1) is 12.7 Å². The number of benzene rings is 2. The monoisotopic (exact) mass is 296 g/mol. The molecule has 102 valence electrons. The Labute approximate surface area is 124 Å². The van der Waals surface area contributed by atoms with Gasteiger partial charge in [0.1, 0.15) is 5.82 Å². The minimum atomic E-state index is -0.201. The zero-order chi connectivity index (χ0) is 14.4. The van der Waals surface area contributed by atoms with Crippen molar-refractivity contribution in [2.24, 2.45) is 0 Å².